The lowest BCUT2D eigenvalue weighted by atomic mass is 9.90. The van der Waals surface area contributed by atoms with E-state index < -0.39 is 0 Å². The van der Waals surface area contributed by atoms with Crippen molar-refractivity contribution in [2.24, 2.45) is 0 Å². The highest BCUT2D eigenvalue weighted by molar-refractivity contribution is 5.28. The second-order valence-corrected chi connectivity index (χ2v) is 7.39. The molecule has 2 heteroatoms. The Hall–Kier alpha value is -0.890. The standard InChI is InChI=1S/C16H26N2/c1-15(2,3)14-8-7-12-11-18(16(4,5)6)10-9-13(12)17-14/h7-8H,9-11H2,1-6H3. The van der Waals surface area contributed by atoms with Crippen LogP contribution in [0.1, 0.15) is 58.5 Å². The molecule has 100 valence electrons. The Morgan fingerprint density at radius 1 is 1.06 bits per heavy atom. The van der Waals surface area contributed by atoms with Crippen LogP contribution in [-0.2, 0) is 18.4 Å². The Morgan fingerprint density at radius 3 is 2.28 bits per heavy atom. The van der Waals surface area contributed by atoms with Crippen LogP contribution in [0.15, 0.2) is 12.1 Å². The Kier molecular flexibility index (Phi) is 3.26. The molecule has 2 heterocycles. The summed E-state index contributed by atoms with van der Waals surface area (Å²) in [5, 5.41) is 0. The van der Waals surface area contributed by atoms with Gasteiger partial charge in [0.15, 0.2) is 0 Å². The Bertz CT molecular complexity index is 435. The third-order valence-electron chi connectivity index (χ3n) is 3.77. The van der Waals surface area contributed by atoms with Crippen LogP contribution >= 0.6 is 0 Å². The summed E-state index contributed by atoms with van der Waals surface area (Å²) in [6.45, 7) is 15.7. The van der Waals surface area contributed by atoms with Gasteiger partial charge in [-0.2, -0.15) is 0 Å². The first-order valence-corrected chi connectivity index (χ1v) is 6.92. The quantitative estimate of drug-likeness (QED) is 0.696. The number of hydrogen-bond donors (Lipinski definition) is 0. The molecule has 0 unspecified atom stereocenters. The molecule has 0 saturated carbocycles. The fourth-order valence-corrected chi connectivity index (χ4v) is 2.41. The van der Waals surface area contributed by atoms with Crippen LogP contribution < -0.4 is 0 Å². The summed E-state index contributed by atoms with van der Waals surface area (Å²) in [5.74, 6) is 0. The van der Waals surface area contributed by atoms with Crippen molar-refractivity contribution in [1.82, 2.24) is 9.88 Å². The number of rotatable bonds is 0. The molecule has 0 spiro atoms. The van der Waals surface area contributed by atoms with Crippen LogP contribution in [-0.4, -0.2) is 22.0 Å². The fourth-order valence-electron chi connectivity index (χ4n) is 2.41. The monoisotopic (exact) mass is 246 g/mol. The normalized spacial score (nSPS) is 17.7. The van der Waals surface area contributed by atoms with Gasteiger partial charge >= 0.3 is 0 Å². The van der Waals surface area contributed by atoms with Crippen molar-refractivity contribution in [1.29, 1.82) is 0 Å². The lowest BCUT2D eigenvalue weighted by Gasteiger charge is -2.39. The van der Waals surface area contributed by atoms with Gasteiger partial charge in [0.25, 0.3) is 0 Å². The summed E-state index contributed by atoms with van der Waals surface area (Å²) in [6.07, 6.45) is 1.08. The lowest BCUT2D eigenvalue weighted by Crippen LogP contribution is -2.44. The average molecular weight is 246 g/mol. The number of aromatic nitrogens is 1. The van der Waals surface area contributed by atoms with E-state index in [1.807, 2.05) is 0 Å². The van der Waals surface area contributed by atoms with Gasteiger partial charge in [-0.15, -0.1) is 0 Å². The molecule has 0 aromatic carbocycles. The van der Waals surface area contributed by atoms with E-state index in [4.69, 9.17) is 4.98 Å². The van der Waals surface area contributed by atoms with Crippen molar-refractivity contribution in [3.63, 3.8) is 0 Å². The first kappa shape index (κ1) is 13.5. The second-order valence-electron chi connectivity index (χ2n) is 7.39. The molecule has 0 amide bonds. The molecule has 0 bridgehead atoms. The zero-order valence-corrected chi connectivity index (χ0v) is 12.7. The highest BCUT2D eigenvalue weighted by atomic mass is 15.2. The van der Waals surface area contributed by atoms with Crippen molar-refractivity contribution in [2.45, 2.75) is 65.5 Å². The van der Waals surface area contributed by atoms with Gasteiger partial charge in [-0.3, -0.25) is 9.88 Å². The molecule has 0 saturated heterocycles. The molecule has 0 aliphatic carbocycles. The topological polar surface area (TPSA) is 16.1 Å². The van der Waals surface area contributed by atoms with Gasteiger partial charge in [0, 0.05) is 41.9 Å². The van der Waals surface area contributed by atoms with Crippen LogP contribution in [0.3, 0.4) is 0 Å². The van der Waals surface area contributed by atoms with Crippen LogP contribution in [0.2, 0.25) is 0 Å². The number of hydrogen-bond acceptors (Lipinski definition) is 2. The highest BCUT2D eigenvalue weighted by Gasteiger charge is 2.27. The molecule has 18 heavy (non-hydrogen) atoms. The molecule has 1 aromatic rings. The predicted molar refractivity (Wildman–Crippen MR) is 76.8 cm³/mol. The zero-order chi connectivity index (χ0) is 13.6. The summed E-state index contributed by atoms with van der Waals surface area (Å²) in [6, 6.07) is 4.48. The van der Waals surface area contributed by atoms with Gasteiger partial charge in [0.2, 0.25) is 0 Å². The smallest absolute Gasteiger partial charge is 0.0464 e. The summed E-state index contributed by atoms with van der Waals surface area (Å²) < 4.78 is 0. The highest BCUT2D eigenvalue weighted by Crippen LogP contribution is 2.27. The lowest BCUT2D eigenvalue weighted by molar-refractivity contribution is 0.119. The molecule has 0 radical (unpaired) electrons. The van der Waals surface area contributed by atoms with E-state index in [0.717, 1.165) is 19.5 Å². The maximum Gasteiger partial charge on any atom is 0.0464 e. The fraction of sp³-hybridized carbons (Fsp3) is 0.688. The van der Waals surface area contributed by atoms with Crippen molar-refractivity contribution >= 4 is 0 Å². The predicted octanol–water partition coefficient (Wildman–Crippen LogP) is 3.54. The molecule has 2 nitrogen and oxygen atoms in total. The maximum atomic E-state index is 4.87. The third kappa shape index (κ3) is 2.74. The van der Waals surface area contributed by atoms with E-state index in [1.165, 1.54) is 17.0 Å². The molecule has 0 N–H and O–H groups in total. The Morgan fingerprint density at radius 2 is 1.72 bits per heavy atom. The van der Waals surface area contributed by atoms with Crippen molar-refractivity contribution in [3.8, 4) is 0 Å². The van der Waals surface area contributed by atoms with Gasteiger partial charge in [-0.1, -0.05) is 26.8 Å². The first-order chi connectivity index (χ1) is 8.18. The second kappa shape index (κ2) is 4.34. The minimum atomic E-state index is 0.149. The number of fused-ring (bicyclic) bond motifs is 1. The van der Waals surface area contributed by atoms with Gasteiger partial charge in [0.05, 0.1) is 0 Å². The largest absolute Gasteiger partial charge is 0.294 e. The zero-order valence-electron chi connectivity index (χ0n) is 12.7. The minimum absolute atomic E-state index is 0.149. The average Bonchev–Trinajstić information content (AvgIpc) is 2.25. The van der Waals surface area contributed by atoms with Gasteiger partial charge in [-0.25, -0.2) is 0 Å². The SMILES string of the molecule is CC(C)(C)c1ccc2c(n1)CCN(C(C)(C)C)C2. The van der Waals surface area contributed by atoms with E-state index in [2.05, 4.69) is 58.6 Å². The van der Waals surface area contributed by atoms with Crippen LogP contribution in [0.5, 0.6) is 0 Å². The Balaban J connectivity index is 2.27. The number of pyridine rings is 1. The van der Waals surface area contributed by atoms with Crippen LogP contribution in [0, 0.1) is 0 Å². The molecular formula is C16H26N2. The molecule has 1 aliphatic rings. The number of nitrogens with zero attached hydrogens (tertiary/aromatic N) is 2. The van der Waals surface area contributed by atoms with Crippen LogP contribution in [0.25, 0.3) is 0 Å². The summed E-state index contributed by atoms with van der Waals surface area (Å²) >= 11 is 0. The molecular weight excluding hydrogens is 220 g/mol. The minimum Gasteiger partial charge on any atom is -0.294 e. The van der Waals surface area contributed by atoms with E-state index in [-0.39, 0.29) is 11.0 Å². The third-order valence-corrected chi connectivity index (χ3v) is 3.77. The molecule has 0 atom stereocenters. The van der Waals surface area contributed by atoms with Crippen molar-refractivity contribution in [2.75, 3.05) is 6.54 Å². The maximum absolute atomic E-state index is 4.87. The summed E-state index contributed by atoms with van der Waals surface area (Å²) in [5.41, 5.74) is 4.33. The van der Waals surface area contributed by atoms with Gasteiger partial charge in [-0.05, 0) is 32.4 Å². The molecule has 1 aliphatic heterocycles. The molecule has 0 fully saturated rings. The van der Waals surface area contributed by atoms with Gasteiger partial charge in [0.1, 0.15) is 0 Å². The van der Waals surface area contributed by atoms with E-state index >= 15 is 0 Å². The van der Waals surface area contributed by atoms with E-state index in [0.29, 0.717) is 0 Å². The Labute approximate surface area is 111 Å². The van der Waals surface area contributed by atoms with E-state index in [1.54, 1.807) is 0 Å². The summed E-state index contributed by atoms with van der Waals surface area (Å²) in [7, 11) is 0. The molecule has 2 rings (SSSR count). The van der Waals surface area contributed by atoms with Gasteiger partial charge < -0.3 is 0 Å². The summed E-state index contributed by atoms with van der Waals surface area (Å²) in [4.78, 5) is 7.41. The van der Waals surface area contributed by atoms with Crippen molar-refractivity contribution in [3.05, 3.63) is 29.1 Å². The van der Waals surface area contributed by atoms with Crippen molar-refractivity contribution < 1.29 is 0 Å². The van der Waals surface area contributed by atoms with E-state index in [9.17, 15) is 0 Å². The van der Waals surface area contributed by atoms with Crippen LogP contribution in [0.4, 0.5) is 0 Å². The first-order valence-electron chi connectivity index (χ1n) is 6.92. The molecule has 1 aromatic heterocycles.